The molecule has 0 amide bonds. The molecule has 2 aromatic rings. The van der Waals surface area contributed by atoms with Crippen LogP contribution in [0.3, 0.4) is 0 Å². The fraction of sp³-hybridized carbons (Fsp3) is 0.588. The highest BCUT2D eigenvalue weighted by molar-refractivity contribution is 6.62. The number of alkyl halides is 3. The summed E-state index contributed by atoms with van der Waals surface area (Å²) in [7, 11) is 1.11. The van der Waals surface area contributed by atoms with Gasteiger partial charge in [0.15, 0.2) is 0 Å². The predicted molar refractivity (Wildman–Crippen MR) is 185 cm³/mol. The molecule has 0 bridgehead atoms. The van der Waals surface area contributed by atoms with Crippen LogP contribution in [0.1, 0.15) is 51.9 Å². The molecule has 2 aliphatic heterocycles. The van der Waals surface area contributed by atoms with Crippen LogP contribution in [0.15, 0.2) is 47.6 Å². The Morgan fingerprint density at radius 1 is 0.882 bits per heavy atom. The van der Waals surface area contributed by atoms with Gasteiger partial charge in [-0.3, -0.25) is 0 Å². The lowest BCUT2D eigenvalue weighted by Crippen LogP contribution is -2.41. The quantitative estimate of drug-likeness (QED) is 0.169. The number of hydrazone groups is 1. The molecule has 2 aromatic carbocycles. The van der Waals surface area contributed by atoms with Crippen molar-refractivity contribution in [1.29, 1.82) is 0 Å². The third kappa shape index (κ3) is 12.4. The highest BCUT2D eigenvalue weighted by Crippen LogP contribution is 2.39. The molecule has 51 heavy (non-hydrogen) atoms. The van der Waals surface area contributed by atoms with E-state index < -0.39 is 36.6 Å². The fourth-order valence-electron chi connectivity index (χ4n) is 4.77. The van der Waals surface area contributed by atoms with E-state index in [4.69, 9.17) is 58.5 Å². The summed E-state index contributed by atoms with van der Waals surface area (Å²) in [5.41, 5.74) is 10.3. The lowest BCUT2D eigenvalue weighted by molar-refractivity contribution is -0.192. The molecule has 0 saturated carbocycles. The Labute approximate surface area is 297 Å². The minimum atomic E-state index is -5.08. The monoisotopic (exact) mass is 727 g/mol. The van der Waals surface area contributed by atoms with E-state index in [9.17, 15) is 13.2 Å². The molecule has 1 unspecified atom stereocenters. The summed E-state index contributed by atoms with van der Waals surface area (Å²) in [6, 6.07) is 13.9. The molecule has 0 aromatic heterocycles. The Bertz CT molecular complexity index is 1410. The fourth-order valence-corrected chi connectivity index (χ4v) is 4.77. The van der Waals surface area contributed by atoms with Crippen LogP contribution in [0, 0.1) is 0 Å². The van der Waals surface area contributed by atoms with Gasteiger partial charge in [0.2, 0.25) is 0 Å². The van der Waals surface area contributed by atoms with Crippen molar-refractivity contribution in [2.75, 3.05) is 78.2 Å². The van der Waals surface area contributed by atoms with Gasteiger partial charge in [-0.25, -0.2) is 9.80 Å². The number of carbonyl (C=O) groups is 1. The molecule has 4 rings (SSSR count). The zero-order chi connectivity index (χ0) is 37.7. The van der Waals surface area contributed by atoms with E-state index in [1.807, 2.05) is 82.1 Å². The van der Waals surface area contributed by atoms with Crippen LogP contribution in [0.4, 0.5) is 18.9 Å². The van der Waals surface area contributed by atoms with Crippen molar-refractivity contribution >= 4 is 29.9 Å². The topological polar surface area (TPSA) is 153 Å². The number of anilines is 1. The molecular formula is C34H49BF3N3O10. The Morgan fingerprint density at radius 2 is 1.37 bits per heavy atom. The Hall–Kier alpha value is -3.29. The molecule has 1 atom stereocenters. The Morgan fingerprint density at radius 3 is 1.88 bits per heavy atom. The summed E-state index contributed by atoms with van der Waals surface area (Å²) in [6.07, 6.45) is -5.58. The molecule has 3 N–H and O–H groups in total. The number of nitrogens with zero attached hydrogens (tertiary/aromatic N) is 2. The summed E-state index contributed by atoms with van der Waals surface area (Å²) in [5, 5.41) is 13.8. The largest absolute Gasteiger partial charge is 0.494 e. The maximum atomic E-state index is 10.6. The molecule has 0 radical (unpaired) electrons. The van der Waals surface area contributed by atoms with Crippen LogP contribution in [0.25, 0.3) is 0 Å². The number of aliphatic carboxylic acids is 1. The van der Waals surface area contributed by atoms with Gasteiger partial charge in [0.1, 0.15) is 24.2 Å². The molecule has 1 saturated heterocycles. The van der Waals surface area contributed by atoms with Crippen molar-refractivity contribution < 1.29 is 60.8 Å². The first-order valence-electron chi connectivity index (χ1n) is 16.5. The summed E-state index contributed by atoms with van der Waals surface area (Å²) in [4.78, 5) is 8.90. The summed E-state index contributed by atoms with van der Waals surface area (Å²) < 4.78 is 77.7. The van der Waals surface area contributed by atoms with Gasteiger partial charge in [0.05, 0.1) is 76.4 Å². The maximum Gasteiger partial charge on any atom is 0.494 e. The van der Waals surface area contributed by atoms with Crippen LogP contribution >= 0.6 is 0 Å². The van der Waals surface area contributed by atoms with Crippen molar-refractivity contribution in [2.24, 2.45) is 10.8 Å². The van der Waals surface area contributed by atoms with Gasteiger partial charge in [-0.2, -0.15) is 18.3 Å². The standard InChI is InChI=1S/C32H48BN3O8.C2HF3O2/c1-24-26-9-7-8-10-27(26)30(34)36(35-24)28-23-25(33-43-31(2,3)32(4,5)44-33)11-12-29(28)42-22-21-41-20-19-40-18-17-39-16-15-38-14-13-37-6;3-2(4,5)1(6)7/h7-12,23,30H,13-22,34H2,1-6H3;(H,6,7). The molecule has 2 heterocycles. The number of benzene rings is 2. The summed E-state index contributed by atoms with van der Waals surface area (Å²) in [6.45, 7) is 15.0. The second kappa shape index (κ2) is 19.5. The van der Waals surface area contributed by atoms with Gasteiger partial charge < -0.3 is 48.6 Å². The number of hydrogen-bond donors (Lipinski definition) is 2. The third-order valence-electron chi connectivity index (χ3n) is 8.22. The second-order valence-electron chi connectivity index (χ2n) is 12.5. The van der Waals surface area contributed by atoms with Crippen molar-refractivity contribution in [2.45, 2.75) is 58.2 Å². The average Bonchev–Trinajstić information content (AvgIpc) is 3.30. The van der Waals surface area contributed by atoms with Crippen molar-refractivity contribution in [3.8, 4) is 5.75 Å². The molecule has 0 aliphatic carbocycles. The molecule has 13 nitrogen and oxygen atoms in total. The van der Waals surface area contributed by atoms with Crippen LogP contribution in [-0.2, 0) is 37.8 Å². The number of hydrogen-bond acceptors (Lipinski definition) is 12. The average molecular weight is 728 g/mol. The number of nitrogens with two attached hydrogens (primary N) is 1. The van der Waals surface area contributed by atoms with Crippen molar-refractivity contribution in [3.63, 3.8) is 0 Å². The van der Waals surface area contributed by atoms with Crippen LogP contribution in [0.2, 0.25) is 0 Å². The summed E-state index contributed by atoms with van der Waals surface area (Å²) in [5.74, 6) is -2.12. The predicted octanol–water partition coefficient (Wildman–Crippen LogP) is 3.91. The first kappa shape index (κ1) is 42.1. The number of fused-ring (bicyclic) bond motifs is 1. The number of carboxylic acids is 1. The van der Waals surface area contributed by atoms with Gasteiger partial charge in [-0.05, 0) is 57.8 Å². The van der Waals surface area contributed by atoms with E-state index in [0.29, 0.717) is 71.8 Å². The third-order valence-corrected chi connectivity index (χ3v) is 8.22. The molecule has 0 spiro atoms. The van der Waals surface area contributed by atoms with Crippen LogP contribution in [-0.4, -0.2) is 114 Å². The summed E-state index contributed by atoms with van der Waals surface area (Å²) >= 11 is 0. The van der Waals surface area contributed by atoms with Gasteiger partial charge >= 0.3 is 19.3 Å². The highest BCUT2D eigenvalue weighted by Gasteiger charge is 2.52. The number of ether oxygens (including phenoxy) is 6. The number of carboxylic acid groups (broad SMARTS) is 1. The number of methoxy groups -OCH3 is 1. The van der Waals surface area contributed by atoms with Gasteiger partial charge in [-0.15, -0.1) is 0 Å². The second-order valence-corrected chi connectivity index (χ2v) is 12.5. The molecule has 1 fully saturated rings. The van der Waals surface area contributed by atoms with E-state index in [-0.39, 0.29) is 0 Å². The minimum absolute atomic E-state index is 0.345. The lowest BCUT2D eigenvalue weighted by Gasteiger charge is -2.33. The molecular weight excluding hydrogens is 678 g/mol. The van der Waals surface area contributed by atoms with Gasteiger partial charge in [-0.1, -0.05) is 30.3 Å². The number of rotatable bonds is 18. The zero-order valence-electron chi connectivity index (χ0n) is 30.0. The maximum absolute atomic E-state index is 10.6. The van der Waals surface area contributed by atoms with Crippen molar-refractivity contribution in [3.05, 3.63) is 53.6 Å². The van der Waals surface area contributed by atoms with E-state index >= 15 is 0 Å². The zero-order valence-corrected chi connectivity index (χ0v) is 30.0. The Kier molecular flexibility index (Phi) is 16.1. The highest BCUT2D eigenvalue weighted by atomic mass is 19.4. The van der Waals surface area contributed by atoms with E-state index in [2.05, 4.69) is 0 Å². The van der Waals surface area contributed by atoms with Gasteiger partial charge in [0, 0.05) is 12.7 Å². The first-order chi connectivity index (χ1) is 24.1. The first-order valence-corrected chi connectivity index (χ1v) is 16.5. The number of halogens is 3. The van der Waals surface area contributed by atoms with Crippen LogP contribution < -0.4 is 20.9 Å². The molecule has 2 aliphatic rings. The minimum Gasteiger partial charge on any atom is -0.489 e. The van der Waals surface area contributed by atoms with E-state index in [1.54, 1.807) is 7.11 Å². The van der Waals surface area contributed by atoms with E-state index in [0.717, 1.165) is 28.0 Å². The lowest BCUT2D eigenvalue weighted by atomic mass is 9.78. The molecule has 17 heteroatoms. The Balaban J connectivity index is 0.000000908. The smallest absolute Gasteiger partial charge is 0.489 e. The van der Waals surface area contributed by atoms with Crippen molar-refractivity contribution in [1.82, 2.24) is 0 Å². The van der Waals surface area contributed by atoms with E-state index in [1.165, 1.54) is 0 Å². The molecule has 284 valence electrons. The SMILES string of the molecule is COCCOCCOCCOCCOCCOc1ccc(B2OC(C)(C)C(C)(C)O2)cc1N1N=C(C)c2ccccc2C1N.O=C(O)C(F)(F)F. The normalized spacial score (nSPS) is 17.8. The van der Waals surface area contributed by atoms with Crippen LogP contribution in [0.5, 0.6) is 5.75 Å². The van der Waals surface area contributed by atoms with Gasteiger partial charge in [0.25, 0.3) is 0 Å².